The Hall–Kier alpha value is -2.14. The fourth-order valence-corrected chi connectivity index (χ4v) is 3.22. The lowest BCUT2D eigenvalue weighted by Crippen LogP contribution is -2.27. The molecule has 0 spiro atoms. The fourth-order valence-electron chi connectivity index (χ4n) is 2.16. The number of nitrogens with zero attached hydrogens (tertiary/aromatic N) is 1. The summed E-state index contributed by atoms with van der Waals surface area (Å²) in [7, 11) is 1.79. The first-order valence-electron chi connectivity index (χ1n) is 7.90. The number of benzene rings is 1. The smallest absolute Gasteiger partial charge is 0.264 e. The van der Waals surface area contributed by atoms with Gasteiger partial charge in [-0.2, -0.15) is 0 Å². The number of amides is 2. The Morgan fingerprint density at radius 1 is 1.17 bits per heavy atom. The van der Waals surface area contributed by atoms with Crippen LogP contribution in [0.4, 0.5) is 5.00 Å². The Kier molecular flexibility index (Phi) is 5.44. The predicted molar refractivity (Wildman–Crippen MR) is 99.4 cm³/mol. The van der Waals surface area contributed by atoms with Gasteiger partial charge in [-0.1, -0.05) is 51.1 Å². The Morgan fingerprint density at radius 2 is 1.79 bits per heavy atom. The third kappa shape index (κ3) is 4.45. The van der Waals surface area contributed by atoms with Gasteiger partial charge >= 0.3 is 0 Å². The van der Waals surface area contributed by atoms with Crippen molar-refractivity contribution in [1.82, 2.24) is 4.90 Å². The minimum absolute atomic E-state index is 0.0300. The standard InChI is InChI=1S/C19H24N2O2S/c1-13-11-15(20-18(23)19(2,3)4)24-16(13)17(22)21(5)12-14-9-7-6-8-10-14/h6-11H,12H2,1-5H3,(H,20,23). The van der Waals surface area contributed by atoms with Gasteiger partial charge in [0.15, 0.2) is 0 Å². The Labute approximate surface area is 147 Å². The second-order valence-electron chi connectivity index (χ2n) is 6.97. The van der Waals surface area contributed by atoms with E-state index in [0.717, 1.165) is 11.1 Å². The summed E-state index contributed by atoms with van der Waals surface area (Å²) in [4.78, 5) is 27.2. The van der Waals surface area contributed by atoms with E-state index >= 15 is 0 Å². The SMILES string of the molecule is Cc1cc(NC(=O)C(C)(C)C)sc1C(=O)N(C)Cc1ccccc1. The monoisotopic (exact) mass is 344 g/mol. The maximum absolute atomic E-state index is 12.7. The summed E-state index contributed by atoms with van der Waals surface area (Å²) < 4.78 is 0. The summed E-state index contributed by atoms with van der Waals surface area (Å²) in [5.74, 6) is -0.0852. The van der Waals surface area contributed by atoms with Gasteiger partial charge in [-0.25, -0.2) is 0 Å². The number of rotatable bonds is 4. The molecule has 0 fully saturated rings. The Balaban J connectivity index is 2.11. The van der Waals surface area contributed by atoms with Crippen LogP contribution in [0.5, 0.6) is 0 Å². The molecule has 0 aliphatic heterocycles. The lowest BCUT2D eigenvalue weighted by molar-refractivity contribution is -0.123. The molecule has 1 aromatic carbocycles. The molecule has 0 saturated carbocycles. The first-order chi connectivity index (χ1) is 11.2. The zero-order chi connectivity index (χ0) is 17.9. The van der Waals surface area contributed by atoms with Crippen molar-refractivity contribution in [2.45, 2.75) is 34.2 Å². The topological polar surface area (TPSA) is 49.4 Å². The number of carbonyl (C=O) groups is 2. The largest absolute Gasteiger partial charge is 0.337 e. The molecule has 1 N–H and O–H groups in total. The lowest BCUT2D eigenvalue weighted by atomic mass is 9.96. The van der Waals surface area contributed by atoms with Gasteiger partial charge in [0.2, 0.25) is 5.91 Å². The highest BCUT2D eigenvalue weighted by Crippen LogP contribution is 2.29. The maximum atomic E-state index is 12.7. The number of nitrogens with one attached hydrogen (secondary N) is 1. The molecule has 0 aliphatic carbocycles. The molecule has 0 atom stereocenters. The number of anilines is 1. The van der Waals surface area contributed by atoms with Crippen LogP contribution in [0.15, 0.2) is 36.4 Å². The average molecular weight is 344 g/mol. The van der Waals surface area contributed by atoms with Crippen LogP contribution in [-0.2, 0) is 11.3 Å². The fraction of sp³-hybridized carbons (Fsp3) is 0.368. The van der Waals surface area contributed by atoms with Crippen molar-refractivity contribution in [2.75, 3.05) is 12.4 Å². The second kappa shape index (κ2) is 7.18. The molecule has 2 amide bonds. The molecule has 24 heavy (non-hydrogen) atoms. The van der Waals surface area contributed by atoms with Crippen LogP contribution < -0.4 is 5.32 Å². The van der Waals surface area contributed by atoms with Crippen LogP contribution >= 0.6 is 11.3 Å². The lowest BCUT2D eigenvalue weighted by Gasteiger charge is -2.17. The number of hydrogen-bond donors (Lipinski definition) is 1. The van der Waals surface area contributed by atoms with Crippen molar-refractivity contribution < 1.29 is 9.59 Å². The molecule has 5 heteroatoms. The summed E-state index contributed by atoms with van der Waals surface area (Å²) in [6.45, 7) is 8.04. The maximum Gasteiger partial charge on any atom is 0.264 e. The van der Waals surface area contributed by atoms with Gasteiger partial charge in [0.05, 0.1) is 9.88 Å². The summed E-state index contributed by atoms with van der Waals surface area (Å²) in [5.41, 5.74) is 1.50. The van der Waals surface area contributed by atoms with Crippen LogP contribution in [0.3, 0.4) is 0 Å². The van der Waals surface area contributed by atoms with E-state index in [1.165, 1.54) is 11.3 Å². The van der Waals surface area contributed by atoms with Crippen LogP contribution in [0.1, 0.15) is 41.6 Å². The van der Waals surface area contributed by atoms with Crippen LogP contribution in [-0.4, -0.2) is 23.8 Å². The minimum atomic E-state index is -0.466. The quantitative estimate of drug-likeness (QED) is 0.898. The molecule has 0 saturated heterocycles. The van der Waals surface area contributed by atoms with Crippen LogP contribution in [0.2, 0.25) is 0 Å². The van der Waals surface area contributed by atoms with E-state index in [0.29, 0.717) is 16.4 Å². The van der Waals surface area contributed by atoms with E-state index in [9.17, 15) is 9.59 Å². The van der Waals surface area contributed by atoms with Crippen molar-refractivity contribution in [3.8, 4) is 0 Å². The molecule has 2 rings (SSSR count). The molecule has 0 bridgehead atoms. The van der Waals surface area contributed by atoms with Gasteiger partial charge in [0.25, 0.3) is 5.91 Å². The van der Waals surface area contributed by atoms with Crippen LogP contribution in [0, 0.1) is 12.3 Å². The van der Waals surface area contributed by atoms with Gasteiger partial charge in [0, 0.05) is 19.0 Å². The third-order valence-electron chi connectivity index (χ3n) is 3.64. The van der Waals surface area contributed by atoms with Crippen molar-refractivity contribution in [1.29, 1.82) is 0 Å². The zero-order valence-corrected chi connectivity index (χ0v) is 15.7. The third-order valence-corrected chi connectivity index (χ3v) is 4.78. The van der Waals surface area contributed by atoms with Crippen molar-refractivity contribution in [2.24, 2.45) is 5.41 Å². The number of thiophene rings is 1. The number of hydrogen-bond acceptors (Lipinski definition) is 3. The van der Waals surface area contributed by atoms with Gasteiger partial charge in [-0.3, -0.25) is 9.59 Å². The molecular weight excluding hydrogens is 320 g/mol. The highest BCUT2D eigenvalue weighted by atomic mass is 32.1. The highest BCUT2D eigenvalue weighted by molar-refractivity contribution is 7.18. The first-order valence-corrected chi connectivity index (χ1v) is 8.71. The van der Waals surface area contributed by atoms with Gasteiger partial charge < -0.3 is 10.2 Å². The Bertz CT molecular complexity index is 730. The van der Waals surface area contributed by atoms with E-state index in [1.807, 2.05) is 64.1 Å². The number of aryl methyl sites for hydroxylation is 1. The van der Waals surface area contributed by atoms with Crippen LogP contribution in [0.25, 0.3) is 0 Å². The van der Waals surface area contributed by atoms with Gasteiger partial charge in [-0.15, -0.1) is 11.3 Å². The highest BCUT2D eigenvalue weighted by Gasteiger charge is 2.23. The van der Waals surface area contributed by atoms with Gasteiger partial charge in [0.1, 0.15) is 0 Å². The number of carbonyl (C=O) groups excluding carboxylic acids is 2. The van der Waals surface area contributed by atoms with E-state index in [1.54, 1.807) is 11.9 Å². The summed E-state index contributed by atoms with van der Waals surface area (Å²) in [6, 6.07) is 11.7. The minimum Gasteiger partial charge on any atom is -0.337 e. The Morgan fingerprint density at radius 3 is 2.38 bits per heavy atom. The van der Waals surface area contributed by atoms with Crippen molar-refractivity contribution in [3.05, 3.63) is 52.4 Å². The molecule has 0 radical (unpaired) electrons. The predicted octanol–water partition coefficient (Wildman–Crippen LogP) is 4.31. The molecule has 4 nitrogen and oxygen atoms in total. The molecule has 1 heterocycles. The van der Waals surface area contributed by atoms with Crippen molar-refractivity contribution in [3.63, 3.8) is 0 Å². The second-order valence-corrected chi connectivity index (χ2v) is 8.03. The summed E-state index contributed by atoms with van der Waals surface area (Å²) in [6.07, 6.45) is 0. The first kappa shape index (κ1) is 18.2. The zero-order valence-electron chi connectivity index (χ0n) is 14.8. The molecule has 0 aliphatic rings. The summed E-state index contributed by atoms with van der Waals surface area (Å²) >= 11 is 1.33. The molecule has 0 unspecified atom stereocenters. The molecular formula is C19H24N2O2S. The normalized spacial score (nSPS) is 11.2. The van der Waals surface area contributed by atoms with E-state index < -0.39 is 5.41 Å². The van der Waals surface area contributed by atoms with E-state index in [4.69, 9.17) is 0 Å². The van der Waals surface area contributed by atoms with Crippen molar-refractivity contribution >= 4 is 28.2 Å². The summed E-state index contributed by atoms with van der Waals surface area (Å²) in [5, 5.41) is 3.61. The molecule has 1 aromatic heterocycles. The van der Waals surface area contributed by atoms with E-state index in [-0.39, 0.29) is 11.8 Å². The molecule has 2 aromatic rings. The molecule has 128 valence electrons. The van der Waals surface area contributed by atoms with E-state index in [2.05, 4.69) is 5.32 Å². The van der Waals surface area contributed by atoms with Gasteiger partial charge in [-0.05, 0) is 24.1 Å². The average Bonchev–Trinajstić information content (AvgIpc) is 2.87.